The second-order valence-corrected chi connectivity index (χ2v) is 5.62. The Morgan fingerprint density at radius 2 is 2.38 bits per heavy atom. The maximum absolute atomic E-state index is 11.5. The molecule has 0 aromatic heterocycles. The van der Waals surface area contributed by atoms with Crippen LogP contribution in [0.4, 0.5) is 0 Å². The van der Waals surface area contributed by atoms with Crippen LogP contribution in [0, 0.1) is 17.3 Å². The number of carbonyl (C=O) groups is 1. The molecule has 3 aliphatic carbocycles. The molecule has 0 aromatic carbocycles. The molecular formula is C14H20O2. The van der Waals surface area contributed by atoms with Gasteiger partial charge in [-0.15, -0.1) is 0 Å². The molecule has 3 rings (SSSR count). The van der Waals surface area contributed by atoms with Crippen molar-refractivity contribution in [3.05, 3.63) is 12.2 Å². The average Bonchev–Trinajstić information content (AvgIpc) is 2.82. The molecule has 4 atom stereocenters. The first kappa shape index (κ1) is 10.4. The summed E-state index contributed by atoms with van der Waals surface area (Å²) in [6.45, 7) is 1.88. The second kappa shape index (κ2) is 3.61. The Morgan fingerprint density at radius 3 is 3.19 bits per heavy atom. The first-order valence-electron chi connectivity index (χ1n) is 6.61. The quantitative estimate of drug-likeness (QED) is 0.528. The molecule has 16 heavy (non-hydrogen) atoms. The number of hydrogen-bond acceptors (Lipinski definition) is 2. The minimum absolute atomic E-state index is 0.0137. The van der Waals surface area contributed by atoms with Gasteiger partial charge in [0.05, 0.1) is 0 Å². The summed E-state index contributed by atoms with van der Waals surface area (Å²) in [5.41, 5.74) is 0.324. The van der Waals surface area contributed by atoms with Crippen LogP contribution < -0.4 is 0 Å². The summed E-state index contributed by atoms with van der Waals surface area (Å²) in [5, 5.41) is 0. The molecule has 0 N–H and O–H groups in total. The van der Waals surface area contributed by atoms with Crippen molar-refractivity contribution in [1.29, 1.82) is 0 Å². The molecule has 0 radical (unpaired) electrons. The maximum Gasteiger partial charge on any atom is 0.305 e. The van der Waals surface area contributed by atoms with Gasteiger partial charge in [-0.3, -0.25) is 4.79 Å². The molecule has 0 heterocycles. The summed E-state index contributed by atoms with van der Waals surface area (Å²) in [6.07, 6.45) is 11.5. The third kappa shape index (κ3) is 1.28. The Kier molecular flexibility index (Phi) is 2.34. The van der Waals surface area contributed by atoms with Gasteiger partial charge in [0.1, 0.15) is 6.10 Å². The van der Waals surface area contributed by atoms with E-state index in [9.17, 15) is 4.79 Å². The van der Waals surface area contributed by atoms with Gasteiger partial charge in [0.15, 0.2) is 0 Å². The van der Waals surface area contributed by atoms with Crippen LogP contribution in [0.1, 0.15) is 45.4 Å². The van der Waals surface area contributed by atoms with E-state index in [0.717, 1.165) is 24.7 Å². The normalized spacial score (nSPS) is 44.4. The topological polar surface area (TPSA) is 26.3 Å². The smallest absolute Gasteiger partial charge is 0.305 e. The van der Waals surface area contributed by atoms with Crippen LogP contribution in [0.2, 0.25) is 0 Å². The Morgan fingerprint density at radius 1 is 1.50 bits per heavy atom. The summed E-state index contributed by atoms with van der Waals surface area (Å²) in [5.74, 6) is 1.60. The van der Waals surface area contributed by atoms with Gasteiger partial charge in [-0.05, 0) is 43.9 Å². The van der Waals surface area contributed by atoms with Gasteiger partial charge in [0.25, 0.3) is 0 Å². The summed E-state index contributed by atoms with van der Waals surface area (Å²) in [4.78, 5) is 11.5. The molecule has 88 valence electrons. The molecule has 3 aliphatic rings. The summed E-state index contributed by atoms with van der Waals surface area (Å²) < 4.78 is 5.68. The highest BCUT2D eigenvalue weighted by atomic mass is 16.5. The lowest BCUT2D eigenvalue weighted by molar-refractivity contribution is -0.156. The third-order valence-electron chi connectivity index (χ3n) is 5.06. The SMILES string of the molecule is CCC(=O)OC1CC2CCC13CC=CCC23. The van der Waals surface area contributed by atoms with E-state index in [0.29, 0.717) is 11.8 Å². The van der Waals surface area contributed by atoms with E-state index in [1.54, 1.807) is 0 Å². The lowest BCUT2D eigenvalue weighted by Gasteiger charge is -2.38. The number of rotatable bonds is 2. The monoisotopic (exact) mass is 220 g/mol. The van der Waals surface area contributed by atoms with Crippen molar-refractivity contribution in [1.82, 2.24) is 0 Å². The van der Waals surface area contributed by atoms with Crippen LogP contribution in [0.25, 0.3) is 0 Å². The van der Waals surface area contributed by atoms with E-state index in [1.165, 1.54) is 19.3 Å². The maximum atomic E-state index is 11.5. The molecule has 0 aliphatic heterocycles. The van der Waals surface area contributed by atoms with E-state index in [2.05, 4.69) is 12.2 Å². The molecular weight excluding hydrogens is 200 g/mol. The Bertz CT molecular complexity index is 334. The fourth-order valence-electron chi connectivity index (χ4n) is 4.27. The first-order valence-corrected chi connectivity index (χ1v) is 6.61. The van der Waals surface area contributed by atoms with Crippen molar-refractivity contribution in [3.63, 3.8) is 0 Å². The van der Waals surface area contributed by atoms with E-state index < -0.39 is 0 Å². The van der Waals surface area contributed by atoms with Crippen molar-refractivity contribution in [2.45, 2.75) is 51.6 Å². The van der Waals surface area contributed by atoms with Gasteiger partial charge in [0, 0.05) is 11.8 Å². The molecule has 0 aromatic rings. The van der Waals surface area contributed by atoms with Gasteiger partial charge in [-0.2, -0.15) is 0 Å². The van der Waals surface area contributed by atoms with E-state index >= 15 is 0 Å². The summed E-state index contributed by atoms with van der Waals surface area (Å²) in [7, 11) is 0. The second-order valence-electron chi connectivity index (χ2n) is 5.62. The number of carbonyl (C=O) groups excluding carboxylic acids is 1. The highest BCUT2D eigenvalue weighted by Crippen LogP contribution is 2.63. The molecule has 2 bridgehead atoms. The fraction of sp³-hybridized carbons (Fsp3) is 0.786. The van der Waals surface area contributed by atoms with Crippen LogP contribution in [-0.2, 0) is 9.53 Å². The molecule has 4 unspecified atom stereocenters. The van der Waals surface area contributed by atoms with Crippen LogP contribution in [0.5, 0.6) is 0 Å². The van der Waals surface area contributed by atoms with Crippen LogP contribution >= 0.6 is 0 Å². The van der Waals surface area contributed by atoms with Crippen molar-refractivity contribution >= 4 is 5.97 Å². The molecule has 2 heteroatoms. The van der Waals surface area contributed by atoms with Crippen LogP contribution in [0.15, 0.2) is 12.2 Å². The molecule has 2 nitrogen and oxygen atoms in total. The Balaban J connectivity index is 1.82. The number of ether oxygens (including phenoxy) is 1. The van der Waals surface area contributed by atoms with E-state index in [1.807, 2.05) is 6.92 Å². The highest BCUT2D eigenvalue weighted by molar-refractivity contribution is 5.69. The predicted molar refractivity (Wildman–Crippen MR) is 61.8 cm³/mol. The van der Waals surface area contributed by atoms with Gasteiger partial charge < -0.3 is 4.74 Å². The molecule has 0 saturated heterocycles. The first-order chi connectivity index (χ1) is 7.76. The Labute approximate surface area is 97.1 Å². The van der Waals surface area contributed by atoms with Crippen molar-refractivity contribution in [3.8, 4) is 0 Å². The third-order valence-corrected chi connectivity index (χ3v) is 5.06. The lowest BCUT2D eigenvalue weighted by atomic mass is 9.70. The lowest BCUT2D eigenvalue weighted by Crippen LogP contribution is -2.38. The Hall–Kier alpha value is -0.790. The molecule has 0 spiro atoms. The van der Waals surface area contributed by atoms with Crippen LogP contribution in [-0.4, -0.2) is 12.1 Å². The van der Waals surface area contributed by atoms with Gasteiger partial charge in [0.2, 0.25) is 0 Å². The number of allylic oxidation sites excluding steroid dienone is 2. The molecule has 0 amide bonds. The zero-order valence-corrected chi connectivity index (χ0v) is 9.95. The highest BCUT2D eigenvalue weighted by Gasteiger charge is 2.60. The zero-order valence-electron chi connectivity index (χ0n) is 9.95. The van der Waals surface area contributed by atoms with E-state index in [4.69, 9.17) is 4.74 Å². The molecule has 2 fully saturated rings. The van der Waals surface area contributed by atoms with Gasteiger partial charge >= 0.3 is 5.97 Å². The summed E-state index contributed by atoms with van der Waals surface area (Å²) in [6, 6.07) is 0. The van der Waals surface area contributed by atoms with Crippen molar-refractivity contribution < 1.29 is 9.53 Å². The summed E-state index contributed by atoms with van der Waals surface area (Å²) >= 11 is 0. The largest absolute Gasteiger partial charge is 0.462 e. The fourth-order valence-corrected chi connectivity index (χ4v) is 4.27. The zero-order chi connectivity index (χ0) is 11.2. The standard InChI is InChI=1S/C14H20O2/c1-2-13(15)16-12-9-10-6-8-14(12)7-4-3-5-11(10)14/h3-4,10-12H,2,5-9H2,1H3. The average molecular weight is 220 g/mol. The number of esters is 1. The minimum atomic E-state index is -0.0137. The van der Waals surface area contributed by atoms with Crippen LogP contribution in [0.3, 0.4) is 0 Å². The van der Waals surface area contributed by atoms with Gasteiger partial charge in [-0.25, -0.2) is 0 Å². The van der Waals surface area contributed by atoms with E-state index in [-0.39, 0.29) is 12.1 Å². The van der Waals surface area contributed by atoms with Gasteiger partial charge in [-0.1, -0.05) is 19.1 Å². The minimum Gasteiger partial charge on any atom is -0.462 e. The van der Waals surface area contributed by atoms with Crippen molar-refractivity contribution in [2.75, 3.05) is 0 Å². The number of hydrogen-bond donors (Lipinski definition) is 0. The molecule has 2 saturated carbocycles. The van der Waals surface area contributed by atoms with Crippen molar-refractivity contribution in [2.24, 2.45) is 17.3 Å². The predicted octanol–water partition coefficient (Wildman–Crippen LogP) is 3.07.